The first-order valence-corrected chi connectivity index (χ1v) is 30.8. The second-order valence-electron chi connectivity index (χ2n) is 20.7. The number of hydrogen-bond donors (Lipinski definition) is 0. The second-order valence-corrected chi connectivity index (χ2v) is 27.0. The minimum Gasteiger partial charge on any atom is -0.310 e. The normalized spacial score (nSPS) is 11.6. The van der Waals surface area contributed by atoms with E-state index in [0.717, 1.165) is 51.2 Å². The van der Waals surface area contributed by atoms with Crippen molar-refractivity contribution in [2.45, 2.75) is 41.5 Å². The standard InChI is InChI=1S/C73H63N3P2/c1-50-29-38-56(39-30-50)74(71-44-35-53(4)65-23-8-11-26-68(65)71)59-17-14-20-62(47-59)78(77-7,63-21-15-18-60(48-63)75(57-40-31-51(2)32-41-57)72-45-36-54(5)66-24-9-12-27-69(66)72)64-22-16-19-61(49-64)76(58-42-33-52(3)34-43-58)73-46-37-55(6)67-25-10-13-28-70(67)73/h8-49H,1-7H3. The first-order valence-electron chi connectivity index (χ1n) is 27.0. The highest BCUT2D eigenvalue weighted by Crippen LogP contribution is 2.55. The fourth-order valence-electron chi connectivity index (χ4n) is 11.5. The van der Waals surface area contributed by atoms with Crippen LogP contribution < -0.4 is 30.6 Å². The zero-order valence-electron chi connectivity index (χ0n) is 45.5. The number of aryl methyl sites for hydroxylation is 6. The number of nitrogens with zero attached hydrogens (tertiary/aromatic N) is 3. The molecule has 0 fully saturated rings. The zero-order valence-corrected chi connectivity index (χ0v) is 47.3. The van der Waals surface area contributed by atoms with Crippen LogP contribution >= 0.6 is 14.4 Å². The fraction of sp³-hybridized carbons (Fsp3) is 0.0959. The molecular formula is C73H63N3P2. The Morgan fingerprint density at radius 1 is 0.256 bits per heavy atom. The molecular weight excluding hydrogens is 981 g/mol. The number of fused-ring (bicyclic) bond motifs is 3. The van der Waals surface area contributed by atoms with Crippen LogP contribution in [0, 0.1) is 41.5 Å². The van der Waals surface area contributed by atoms with Gasteiger partial charge in [0, 0.05) is 50.3 Å². The number of rotatable bonds is 12. The molecule has 12 rings (SSSR count). The molecule has 0 amide bonds. The Morgan fingerprint density at radius 3 is 0.795 bits per heavy atom. The summed E-state index contributed by atoms with van der Waals surface area (Å²) in [6.45, 7) is 13.0. The van der Waals surface area contributed by atoms with Gasteiger partial charge in [0.05, 0.1) is 17.1 Å². The minimum atomic E-state index is -2.58. The Labute approximate surface area is 462 Å². The van der Waals surface area contributed by atoms with Gasteiger partial charge in [-0.05, 0) is 195 Å². The molecule has 0 aliphatic carbocycles. The van der Waals surface area contributed by atoms with E-state index in [2.05, 4.69) is 318 Å². The van der Waals surface area contributed by atoms with Gasteiger partial charge >= 0.3 is 0 Å². The van der Waals surface area contributed by atoms with E-state index in [1.807, 2.05) is 0 Å². The van der Waals surface area contributed by atoms with Gasteiger partial charge in [0.1, 0.15) is 0 Å². The highest BCUT2D eigenvalue weighted by Gasteiger charge is 2.30. The van der Waals surface area contributed by atoms with Gasteiger partial charge < -0.3 is 14.7 Å². The van der Waals surface area contributed by atoms with Crippen molar-refractivity contribution in [2.24, 2.45) is 0 Å². The summed E-state index contributed by atoms with van der Waals surface area (Å²) in [6, 6.07) is 95.8. The van der Waals surface area contributed by atoms with Crippen LogP contribution in [-0.2, 0) is 0 Å². The van der Waals surface area contributed by atoms with E-state index in [-0.39, 0.29) is 0 Å². The largest absolute Gasteiger partial charge is 0.310 e. The third-order valence-electron chi connectivity index (χ3n) is 15.6. The molecule has 0 bridgehead atoms. The Morgan fingerprint density at radius 2 is 0.526 bits per heavy atom. The summed E-state index contributed by atoms with van der Waals surface area (Å²) in [5, 5.41) is 11.3. The summed E-state index contributed by atoms with van der Waals surface area (Å²) in [7, 11) is 1.25. The highest BCUT2D eigenvalue weighted by atomic mass is 31.8. The van der Waals surface area contributed by atoms with Crippen LogP contribution in [-0.4, -0.2) is 6.66 Å². The summed E-state index contributed by atoms with van der Waals surface area (Å²) in [5.41, 5.74) is 17.6. The predicted molar refractivity (Wildman–Crippen MR) is 343 cm³/mol. The van der Waals surface area contributed by atoms with Crippen LogP contribution in [0.1, 0.15) is 33.4 Å². The van der Waals surface area contributed by atoms with Gasteiger partial charge in [-0.3, -0.25) is 0 Å². The van der Waals surface area contributed by atoms with E-state index in [9.17, 15) is 0 Å². The summed E-state index contributed by atoms with van der Waals surface area (Å²) in [4.78, 5) is 7.42. The summed E-state index contributed by atoms with van der Waals surface area (Å²) in [6.07, 6.45) is 0. The van der Waals surface area contributed by atoms with Crippen molar-refractivity contribution in [3.8, 4) is 0 Å². The number of benzene rings is 12. The molecule has 12 aromatic rings. The number of hydrogen-bond acceptors (Lipinski definition) is 3. The molecule has 78 heavy (non-hydrogen) atoms. The Balaban J connectivity index is 1.13. The second kappa shape index (κ2) is 21.2. The fourth-order valence-corrected chi connectivity index (χ4v) is 18.2. The molecule has 0 N–H and O–H groups in total. The monoisotopic (exact) mass is 1040 g/mol. The topological polar surface area (TPSA) is 9.72 Å². The molecule has 0 saturated heterocycles. The maximum Gasteiger partial charge on any atom is 0.0540 e. The van der Waals surface area contributed by atoms with Crippen molar-refractivity contribution in [1.29, 1.82) is 0 Å². The molecule has 0 saturated carbocycles. The predicted octanol–water partition coefficient (Wildman–Crippen LogP) is 20.2. The zero-order chi connectivity index (χ0) is 53.5. The van der Waals surface area contributed by atoms with Crippen molar-refractivity contribution in [3.63, 3.8) is 0 Å². The van der Waals surface area contributed by atoms with Gasteiger partial charge in [0.2, 0.25) is 0 Å². The molecule has 0 aromatic heterocycles. The summed E-state index contributed by atoms with van der Waals surface area (Å²) >= 11 is 0. The van der Waals surface area contributed by atoms with Crippen molar-refractivity contribution >= 4 is 114 Å². The van der Waals surface area contributed by atoms with Crippen LogP contribution in [0.15, 0.2) is 255 Å². The molecule has 380 valence electrons. The van der Waals surface area contributed by atoms with Gasteiger partial charge in [0.25, 0.3) is 0 Å². The Bertz CT molecular complexity index is 3820. The summed E-state index contributed by atoms with van der Waals surface area (Å²) in [5.74, 6) is 0. The van der Waals surface area contributed by atoms with Crippen LogP contribution in [0.5, 0.6) is 0 Å². The molecule has 3 nitrogen and oxygen atoms in total. The molecule has 5 heteroatoms. The molecule has 0 unspecified atom stereocenters. The molecule has 0 aliphatic rings. The van der Waals surface area contributed by atoms with E-state index in [0.29, 0.717) is 0 Å². The van der Waals surface area contributed by atoms with E-state index in [1.54, 1.807) is 0 Å². The minimum absolute atomic E-state index is 1.12. The van der Waals surface area contributed by atoms with Gasteiger partial charge in [0.15, 0.2) is 0 Å². The average Bonchev–Trinajstić information content (AvgIpc) is 3.48. The van der Waals surface area contributed by atoms with Gasteiger partial charge in [-0.2, -0.15) is 0 Å². The SMILES string of the molecule is CP=P(c1cccc(N(c2ccc(C)cc2)c2ccc(C)c3ccccc23)c1)(c1cccc(N(c2ccc(C)cc2)c2ccc(C)c3ccccc23)c1)c1cccc(N(c2ccc(C)cc2)c2ccc(C)c3ccccc23)c1. The molecule has 0 atom stereocenters. The molecule has 12 aromatic carbocycles. The lowest BCUT2D eigenvalue weighted by Gasteiger charge is -2.33. The van der Waals surface area contributed by atoms with E-state index >= 15 is 0 Å². The van der Waals surface area contributed by atoms with Crippen molar-refractivity contribution in [3.05, 3.63) is 288 Å². The lowest BCUT2D eigenvalue weighted by Crippen LogP contribution is -2.26. The van der Waals surface area contributed by atoms with E-state index in [1.165, 1.54) is 89.5 Å². The van der Waals surface area contributed by atoms with Crippen molar-refractivity contribution < 1.29 is 0 Å². The van der Waals surface area contributed by atoms with Crippen LogP contribution in [0.4, 0.5) is 51.2 Å². The van der Waals surface area contributed by atoms with E-state index < -0.39 is 6.55 Å². The van der Waals surface area contributed by atoms with Crippen LogP contribution in [0.2, 0.25) is 0 Å². The highest BCUT2D eigenvalue weighted by molar-refractivity contribution is 8.17. The summed E-state index contributed by atoms with van der Waals surface area (Å²) < 4.78 is 0. The third kappa shape index (κ3) is 9.18. The average molecular weight is 1040 g/mol. The smallest absolute Gasteiger partial charge is 0.0540 e. The maximum atomic E-state index is 2.51. The molecule has 0 heterocycles. The molecule has 0 aliphatic heterocycles. The van der Waals surface area contributed by atoms with Crippen LogP contribution in [0.25, 0.3) is 32.3 Å². The van der Waals surface area contributed by atoms with Crippen molar-refractivity contribution in [1.82, 2.24) is 0 Å². The molecule has 0 radical (unpaired) electrons. The van der Waals surface area contributed by atoms with Gasteiger partial charge in [-0.25, -0.2) is 0 Å². The first kappa shape index (κ1) is 50.4. The van der Waals surface area contributed by atoms with Crippen LogP contribution in [0.3, 0.4) is 0 Å². The first-order chi connectivity index (χ1) is 38.1. The number of anilines is 9. The Kier molecular flexibility index (Phi) is 13.7. The lowest BCUT2D eigenvalue weighted by atomic mass is 10.0. The molecule has 0 spiro atoms. The quantitative estimate of drug-likeness (QED) is 0.113. The Hall–Kier alpha value is -8.45. The van der Waals surface area contributed by atoms with Crippen molar-refractivity contribution in [2.75, 3.05) is 21.4 Å². The third-order valence-corrected chi connectivity index (χ3v) is 23.2. The van der Waals surface area contributed by atoms with E-state index in [4.69, 9.17) is 0 Å². The lowest BCUT2D eigenvalue weighted by molar-refractivity contribution is 1.29. The van der Waals surface area contributed by atoms with Gasteiger partial charge in [-0.15, -0.1) is 0 Å². The maximum absolute atomic E-state index is 2.58. The van der Waals surface area contributed by atoms with Gasteiger partial charge in [-0.1, -0.05) is 188 Å².